The normalized spacial score (nSPS) is 10.3. The van der Waals surface area contributed by atoms with Gasteiger partial charge in [-0.2, -0.15) is 0 Å². The highest BCUT2D eigenvalue weighted by Crippen LogP contribution is 2.13. The summed E-state index contributed by atoms with van der Waals surface area (Å²) in [5, 5.41) is 0. The van der Waals surface area contributed by atoms with Gasteiger partial charge in [0.05, 0.1) is 0 Å². The summed E-state index contributed by atoms with van der Waals surface area (Å²) >= 11 is 3.46. The summed E-state index contributed by atoms with van der Waals surface area (Å²) in [4.78, 5) is 0. The summed E-state index contributed by atoms with van der Waals surface area (Å²) in [6.07, 6.45) is 4.80. The van der Waals surface area contributed by atoms with E-state index in [1.165, 1.54) is 29.3 Å². The van der Waals surface area contributed by atoms with Gasteiger partial charge < -0.3 is 5.73 Å². The van der Waals surface area contributed by atoms with E-state index in [0.717, 1.165) is 13.0 Å². The van der Waals surface area contributed by atoms with Gasteiger partial charge in [-0.25, -0.2) is 0 Å². The Bertz CT molecular complexity index is 248. The van der Waals surface area contributed by atoms with Crippen molar-refractivity contribution in [1.29, 1.82) is 0 Å². The quantitative estimate of drug-likeness (QED) is 0.789. The summed E-state index contributed by atoms with van der Waals surface area (Å²) in [7, 11) is 0. The van der Waals surface area contributed by atoms with E-state index in [4.69, 9.17) is 5.73 Å². The molecule has 0 aromatic heterocycles. The lowest BCUT2D eigenvalue weighted by molar-refractivity contribution is 0.686. The molecule has 0 atom stereocenters. The number of hydrogen-bond acceptors (Lipinski definition) is 1. The average Bonchev–Trinajstić information content (AvgIpc) is 2.13. The van der Waals surface area contributed by atoms with Crippen LogP contribution >= 0.6 is 15.9 Å². The second-order valence-electron chi connectivity index (χ2n) is 3.23. The van der Waals surface area contributed by atoms with Crippen molar-refractivity contribution in [3.63, 3.8) is 0 Å². The molecule has 2 heteroatoms. The number of unbranched alkanes of at least 4 members (excludes halogenated alkanes) is 2. The van der Waals surface area contributed by atoms with E-state index in [-0.39, 0.29) is 0 Å². The van der Waals surface area contributed by atoms with Gasteiger partial charge in [0.15, 0.2) is 0 Å². The van der Waals surface area contributed by atoms with Crippen LogP contribution in [0.2, 0.25) is 0 Å². The molecule has 0 heterocycles. The first-order valence-electron chi connectivity index (χ1n) is 4.77. The summed E-state index contributed by atoms with van der Waals surface area (Å²) in [5.41, 5.74) is 6.83. The van der Waals surface area contributed by atoms with Crippen LogP contribution in [0.1, 0.15) is 24.8 Å². The van der Waals surface area contributed by atoms with Gasteiger partial charge in [0.1, 0.15) is 0 Å². The minimum atomic E-state index is 0.818. The molecule has 0 bridgehead atoms. The van der Waals surface area contributed by atoms with Crippen LogP contribution in [-0.2, 0) is 6.42 Å². The van der Waals surface area contributed by atoms with E-state index in [0.29, 0.717) is 0 Å². The summed E-state index contributed by atoms with van der Waals surface area (Å²) in [5.74, 6) is 0. The van der Waals surface area contributed by atoms with E-state index in [9.17, 15) is 0 Å². The Hall–Kier alpha value is -0.340. The molecule has 0 fully saturated rings. The highest BCUT2D eigenvalue weighted by molar-refractivity contribution is 9.10. The van der Waals surface area contributed by atoms with E-state index < -0.39 is 0 Å². The first kappa shape index (κ1) is 10.7. The van der Waals surface area contributed by atoms with Gasteiger partial charge in [0.2, 0.25) is 0 Å². The first-order chi connectivity index (χ1) is 6.33. The maximum absolute atomic E-state index is 5.42. The third-order valence-electron chi connectivity index (χ3n) is 2.06. The van der Waals surface area contributed by atoms with Crippen LogP contribution in [0.25, 0.3) is 0 Å². The van der Waals surface area contributed by atoms with Crippen LogP contribution in [0.3, 0.4) is 0 Å². The van der Waals surface area contributed by atoms with Crippen LogP contribution in [0.5, 0.6) is 0 Å². The van der Waals surface area contributed by atoms with E-state index in [2.05, 4.69) is 40.2 Å². The van der Waals surface area contributed by atoms with Crippen LogP contribution in [0.15, 0.2) is 28.7 Å². The van der Waals surface area contributed by atoms with Crippen molar-refractivity contribution in [2.45, 2.75) is 25.7 Å². The Balaban J connectivity index is 2.28. The number of halogens is 1. The predicted molar refractivity (Wildman–Crippen MR) is 60.8 cm³/mol. The smallest absolute Gasteiger partial charge is 0.0177 e. The minimum Gasteiger partial charge on any atom is -0.330 e. The zero-order valence-electron chi connectivity index (χ0n) is 7.80. The lowest BCUT2D eigenvalue weighted by Crippen LogP contribution is -1.98. The molecule has 0 aliphatic heterocycles. The van der Waals surface area contributed by atoms with Crippen molar-refractivity contribution in [3.8, 4) is 0 Å². The van der Waals surface area contributed by atoms with Gasteiger partial charge in [-0.15, -0.1) is 0 Å². The topological polar surface area (TPSA) is 26.0 Å². The largest absolute Gasteiger partial charge is 0.330 e. The molecule has 72 valence electrons. The predicted octanol–water partition coefficient (Wildman–Crippen LogP) is 3.12. The fourth-order valence-electron chi connectivity index (χ4n) is 1.34. The van der Waals surface area contributed by atoms with Gasteiger partial charge in [0, 0.05) is 4.47 Å². The second-order valence-corrected chi connectivity index (χ2v) is 4.14. The lowest BCUT2D eigenvalue weighted by atomic mass is 10.1. The van der Waals surface area contributed by atoms with Crippen LogP contribution in [-0.4, -0.2) is 6.54 Å². The Labute approximate surface area is 88.5 Å². The molecule has 0 aliphatic carbocycles. The molecule has 13 heavy (non-hydrogen) atoms. The molecule has 1 rings (SSSR count). The van der Waals surface area contributed by atoms with Crippen LogP contribution in [0.4, 0.5) is 0 Å². The average molecular weight is 242 g/mol. The fourth-order valence-corrected chi connectivity index (χ4v) is 1.79. The van der Waals surface area contributed by atoms with Crippen molar-refractivity contribution in [1.82, 2.24) is 0 Å². The van der Waals surface area contributed by atoms with Gasteiger partial charge in [-0.3, -0.25) is 0 Å². The molecule has 2 N–H and O–H groups in total. The molecule has 0 unspecified atom stereocenters. The Morgan fingerprint density at radius 3 is 2.69 bits per heavy atom. The van der Waals surface area contributed by atoms with Gasteiger partial charge in [-0.1, -0.05) is 34.5 Å². The summed E-state index contributed by atoms with van der Waals surface area (Å²) in [6, 6.07) is 8.50. The monoisotopic (exact) mass is 241 g/mol. The molecular formula is C11H16BrN. The van der Waals surface area contributed by atoms with Gasteiger partial charge in [-0.05, 0) is 43.5 Å². The third kappa shape index (κ3) is 4.44. The van der Waals surface area contributed by atoms with Crippen molar-refractivity contribution >= 4 is 15.9 Å². The number of nitrogens with two attached hydrogens (primary N) is 1. The Kier molecular flexibility index (Phi) is 5.09. The molecule has 0 aliphatic rings. The number of hydrogen-bond donors (Lipinski definition) is 1. The summed E-state index contributed by atoms with van der Waals surface area (Å²) in [6.45, 7) is 0.818. The molecule has 1 aromatic carbocycles. The molecule has 0 radical (unpaired) electrons. The fraction of sp³-hybridized carbons (Fsp3) is 0.455. The van der Waals surface area contributed by atoms with E-state index >= 15 is 0 Å². The second kappa shape index (κ2) is 6.17. The van der Waals surface area contributed by atoms with Crippen molar-refractivity contribution in [3.05, 3.63) is 34.3 Å². The lowest BCUT2D eigenvalue weighted by Gasteiger charge is -2.01. The number of aryl methyl sites for hydroxylation is 1. The molecule has 1 aromatic rings. The molecule has 0 spiro atoms. The van der Waals surface area contributed by atoms with Crippen molar-refractivity contribution < 1.29 is 0 Å². The van der Waals surface area contributed by atoms with Crippen molar-refractivity contribution in [2.24, 2.45) is 5.73 Å². The van der Waals surface area contributed by atoms with Gasteiger partial charge in [0.25, 0.3) is 0 Å². The molecule has 0 amide bonds. The van der Waals surface area contributed by atoms with Crippen LogP contribution in [0, 0.1) is 0 Å². The van der Waals surface area contributed by atoms with E-state index in [1.54, 1.807) is 0 Å². The zero-order chi connectivity index (χ0) is 9.52. The summed E-state index contributed by atoms with van der Waals surface area (Å²) < 4.78 is 1.17. The van der Waals surface area contributed by atoms with Crippen molar-refractivity contribution in [2.75, 3.05) is 6.54 Å². The minimum absolute atomic E-state index is 0.818. The SMILES string of the molecule is NCCCCCc1cccc(Br)c1. The Morgan fingerprint density at radius 1 is 1.15 bits per heavy atom. The highest BCUT2D eigenvalue weighted by atomic mass is 79.9. The maximum atomic E-state index is 5.42. The van der Waals surface area contributed by atoms with Crippen LogP contribution < -0.4 is 5.73 Å². The maximum Gasteiger partial charge on any atom is 0.0177 e. The Morgan fingerprint density at radius 2 is 2.00 bits per heavy atom. The zero-order valence-corrected chi connectivity index (χ0v) is 9.39. The number of benzene rings is 1. The number of rotatable bonds is 5. The highest BCUT2D eigenvalue weighted by Gasteiger charge is 1.93. The third-order valence-corrected chi connectivity index (χ3v) is 2.55. The van der Waals surface area contributed by atoms with Gasteiger partial charge >= 0.3 is 0 Å². The molecule has 0 saturated heterocycles. The van der Waals surface area contributed by atoms with E-state index in [1.807, 2.05) is 0 Å². The standard InChI is InChI=1S/C11H16BrN/c12-11-7-4-6-10(9-11)5-2-1-3-8-13/h4,6-7,9H,1-3,5,8,13H2. The molecular weight excluding hydrogens is 226 g/mol. The first-order valence-corrected chi connectivity index (χ1v) is 5.57. The molecule has 0 saturated carbocycles. The molecule has 1 nitrogen and oxygen atoms in total.